The van der Waals surface area contributed by atoms with E-state index >= 15 is 14.4 Å². The van der Waals surface area contributed by atoms with Gasteiger partial charge < -0.3 is 102 Å². The fourth-order valence-electron chi connectivity index (χ4n) is 16.6. The topological polar surface area (TPSA) is 513 Å². The molecule has 3 aliphatic rings. The molecule has 34 heteroatoms. The first-order valence-electron chi connectivity index (χ1n) is 44.7. The predicted octanol–water partition coefficient (Wildman–Crippen LogP) is 6.22. The van der Waals surface area contributed by atoms with Gasteiger partial charge in [-0.1, -0.05) is 181 Å². The molecule has 3 saturated heterocycles. The summed E-state index contributed by atoms with van der Waals surface area (Å²) >= 11 is 1.50. The number of rotatable bonds is 41. The number of unbranched alkanes of at least 4 members (excludes halogenated alkanes) is 4. The monoisotopic (exact) mass is 1830 g/mol. The van der Waals surface area contributed by atoms with Crippen LogP contribution in [0, 0.1) is 29.6 Å². The lowest BCUT2D eigenvalue weighted by molar-refractivity contribution is -0.149. The number of benzene rings is 6. The molecule has 0 unspecified atom stereocenters. The van der Waals surface area contributed by atoms with E-state index in [4.69, 9.17) is 9.47 Å². The molecule has 0 aromatic heterocycles. The molecule has 6 aromatic rings. The molecule has 3 heterocycles. The van der Waals surface area contributed by atoms with Crippen molar-refractivity contribution in [2.24, 2.45) is 29.6 Å². The zero-order valence-corrected chi connectivity index (χ0v) is 75.7. The number of ketones is 4. The number of phenolic OH excluding ortho intramolecular Hbond substituents is 1. The van der Waals surface area contributed by atoms with Gasteiger partial charge in [0.1, 0.15) is 48.4 Å². The molecule has 708 valence electrons. The molecule has 0 bridgehead atoms. The van der Waals surface area contributed by atoms with E-state index in [-0.39, 0.29) is 80.2 Å². The van der Waals surface area contributed by atoms with Crippen LogP contribution in [-0.4, -0.2) is 250 Å². The van der Waals surface area contributed by atoms with Crippen LogP contribution in [0.25, 0.3) is 22.3 Å². The minimum atomic E-state index is -2.49. The van der Waals surface area contributed by atoms with Crippen molar-refractivity contribution in [2.45, 2.75) is 242 Å². The van der Waals surface area contributed by atoms with Crippen LogP contribution in [0.5, 0.6) is 11.5 Å². The third kappa shape index (κ3) is 29.6. The summed E-state index contributed by atoms with van der Waals surface area (Å²) in [6, 6.07) is 31.2. The van der Waals surface area contributed by atoms with Crippen LogP contribution in [0.1, 0.15) is 171 Å². The number of nitrogens with one attached hydrogen (secondary N) is 7. The number of fused-ring (bicyclic) bond motifs is 2. The van der Waals surface area contributed by atoms with Crippen molar-refractivity contribution in [3.8, 4) is 33.8 Å². The predicted molar refractivity (Wildman–Crippen MR) is 487 cm³/mol. The number of Topliss-reactive ketones (excluding diaryl/α,β-unsaturated/α-hetero) is 4. The van der Waals surface area contributed by atoms with Gasteiger partial charge in [-0.3, -0.25) is 57.5 Å². The van der Waals surface area contributed by atoms with Crippen LogP contribution >= 0.6 is 11.8 Å². The summed E-state index contributed by atoms with van der Waals surface area (Å²) in [5.74, 6) is -15.4. The van der Waals surface area contributed by atoms with E-state index in [0.717, 1.165) is 89.1 Å². The van der Waals surface area contributed by atoms with E-state index in [9.17, 15) is 93.9 Å². The first kappa shape index (κ1) is 103. The Bertz CT molecular complexity index is 4840. The summed E-state index contributed by atoms with van der Waals surface area (Å²) in [6.45, 7) is 8.82. The van der Waals surface area contributed by atoms with Crippen molar-refractivity contribution in [2.75, 3.05) is 37.0 Å². The van der Waals surface area contributed by atoms with Crippen LogP contribution in [0.3, 0.4) is 0 Å². The van der Waals surface area contributed by atoms with Crippen LogP contribution in [0.15, 0.2) is 152 Å². The highest BCUT2D eigenvalue weighted by Crippen LogP contribution is 2.36. The van der Waals surface area contributed by atoms with Gasteiger partial charge in [-0.2, -0.15) is 11.8 Å². The number of carbonyl (C=O) groups is 13. The van der Waals surface area contributed by atoms with Gasteiger partial charge in [0, 0.05) is 68.5 Å². The number of ether oxygens (including phenoxy) is 2. The Morgan fingerprint density at radius 1 is 0.626 bits per heavy atom. The van der Waals surface area contributed by atoms with Crippen LogP contribution < -0.4 is 42.0 Å². The van der Waals surface area contributed by atoms with Gasteiger partial charge in [0.05, 0.1) is 73.0 Å². The Morgan fingerprint density at radius 3 is 1.83 bits per heavy atom. The van der Waals surface area contributed by atoms with Crippen molar-refractivity contribution in [3.63, 3.8) is 0 Å². The number of carbonyl (C=O) groups excluding carboxylic acids is 13. The molecule has 3 aliphatic heterocycles. The summed E-state index contributed by atoms with van der Waals surface area (Å²) in [6.07, 6.45) is -14.2. The summed E-state index contributed by atoms with van der Waals surface area (Å²) < 4.78 is 11.4. The lowest BCUT2D eigenvalue weighted by atomic mass is 9.86. The highest BCUT2D eigenvalue weighted by Gasteiger charge is 2.51. The molecule has 16 N–H and O–H groups in total. The standard InChI is InChI=1S/C97H125N9O24S/c1-8-9-19-41-129-70-37-34-64(35-38-70)62-28-26-61(27-29-62)63-30-32-65(33-31-63)79(113)46-68-48-82(116)93(124)104-94(125)85-86(117)56(4)51-106(85)96(127)84(58(6)109)103-91(122)71(50-81(115)76-49-69(110)52-105(76)95(126)83(57(5)108)102-90(68)121)88(119)87(118)66-36-39-78(112)75(45-66)100-92(123)73(101-97(128)130-53-60-22-15-11-16-23-60)24-17-12-18-25-77(111)74(44-59-20-13-10-14-21-59)99-89(120)67(43-55(2)3)47-80(114)72(98-54-107)40-42-131-7/h10-11,13-16,20-23,26-39,45,54-58,67-69,71-74,76,82-88,93,108-110,112,116-119,124H,8-9,12,17-19,24-25,40-44,46-53H2,1-7H3,(H,98,107)(H,99,120)(H,100,123)(H,101,128)(H,102,121)(H,103,122)(H,104,125)/t56-,57+,58+,67+,68-,69+,71-,72-,73-,74-,76-,82+,83-,84-,85-,86-,87-,88-,93+/m0/s1. The van der Waals surface area contributed by atoms with Gasteiger partial charge in [0.15, 0.2) is 29.4 Å². The molecule has 19 atom stereocenters. The Labute approximate surface area is 766 Å². The number of alkyl carbamates (subject to hydrolysis) is 1. The maximum absolute atomic E-state index is 15.2. The number of anilines is 1. The average molecular weight is 1830 g/mol. The molecule has 6 aromatic carbocycles. The fourth-order valence-corrected chi connectivity index (χ4v) is 17.1. The van der Waals surface area contributed by atoms with Crippen LogP contribution in [0.2, 0.25) is 0 Å². The van der Waals surface area contributed by atoms with Crippen molar-refractivity contribution < 1.29 is 118 Å². The zero-order chi connectivity index (χ0) is 95.3. The smallest absolute Gasteiger partial charge is 0.408 e. The number of nitrogens with zero attached hydrogens (tertiary/aromatic N) is 2. The van der Waals surface area contributed by atoms with Gasteiger partial charge in [-0.15, -0.1) is 0 Å². The molecule has 0 saturated carbocycles. The summed E-state index contributed by atoms with van der Waals surface area (Å²) in [7, 11) is 0. The van der Waals surface area contributed by atoms with Gasteiger partial charge in [0.2, 0.25) is 47.8 Å². The van der Waals surface area contributed by atoms with Gasteiger partial charge in [-0.25, -0.2) is 4.79 Å². The molecule has 9 amide bonds. The maximum Gasteiger partial charge on any atom is 0.408 e. The normalized spacial score (nSPS) is 22.5. The molecule has 131 heavy (non-hydrogen) atoms. The van der Waals surface area contributed by atoms with E-state index in [1.807, 2.05) is 68.6 Å². The van der Waals surface area contributed by atoms with Crippen LogP contribution in [0.4, 0.5) is 10.5 Å². The molecular weight excluding hydrogens is 1710 g/mol. The number of hydrogen-bond acceptors (Lipinski definition) is 25. The maximum atomic E-state index is 15.2. The number of amides is 9. The third-order valence-corrected chi connectivity index (χ3v) is 24.7. The quantitative estimate of drug-likeness (QED) is 0.00876. The van der Waals surface area contributed by atoms with Crippen molar-refractivity contribution >= 4 is 94.4 Å². The molecule has 0 aliphatic carbocycles. The molecular formula is C97H125N9O24S. The fraction of sp³-hybridized carbons (Fsp3) is 0.495. The lowest BCUT2D eigenvalue weighted by Gasteiger charge is -2.33. The van der Waals surface area contributed by atoms with Crippen molar-refractivity contribution in [1.29, 1.82) is 0 Å². The highest BCUT2D eigenvalue weighted by atomic mass is 32.2. The Kier molecular flexibility index (Phi) is 39.7. The lowest BCUT2D eigenvalue weighted by Crippen LogP contribution is -2.60. The van der Waals surface area contributed by atoms with Crippen molar-refractivity contribution in [1.82, 2.24) is 41.7 Å². The first-order chi connectivity index (χ1) is 62.6. The molecule has 3 fully saturated rings. The second kappa shape index (κ2) is 50.3. The number of hydrogen-bond donors (Lipinski definition) is 16. The Morgan fingerprint density at radius 2 is 1.23 bits per heavy atom. The Balaban J connectivity index is 0.949. The van der Waals surface area contributed by atoms with E-state index in [1.54, 1.807) is 72.8 Å². The Hall–Kier alpha value is -11.3. The number of aromatic hydroxyl groups is 1. The summed E-state index contributed by atoms with van der Waals surface area (Å²) in [4.78, 5) is 188. The third-order valence-electron chi connectivity index (χ3n) is 24.1. The van der Waals surface area contributed by atoms with E-state index < -0.39 is 224 Å². The van der Waals surface area contributed by atoms with Crippen LogP contribution in [-0.2, 0) is 70.5 Å². The van der Waals surface area contributed by atoms with E-state index in [1.165, 1.54) is 30.8 Å². The molecule has 0 spiro atoms. The second-order valence-electron chi connectivity index (χ2n) is 34.7. The molecule has 33 nitrogen and oxygen atoms in total. The number of thioether (sulfide) groups is 1. The van der Waals surface area contributed by atoms with Gasteiger partial charge in [-0.05, 0) is 140 Å². The zero-order valence-electron chi connectivity index (χ0n) is 74.9. The number of aliphatic hydroxyl groups excluding tert-OH is 8. The first-order valence-corrected chi connectivity index (χ1v) is 46.1. The second-order valence-corrected chi connectivity index (χ2v) is 35.7. The number of phenols is 1. The van der Waals surface area contributed by atoms with E-state index in [2.05, 4.69) is 44.1 Å². The SMILES string of the molecule is CCCCCOc1ccc(-c2ccc(-c3ccc(C(=O)C[C@H]4C[C@@H](O)[C@@H](O)NC(=O)[C@@H]5[C@@H](O)[C@@H](C)CN5C(=O)[C@H]([C@@H](C)O)NC(=O)[C@H]([C@H](O)[C@@H](O)c5ccc(O)c(NC(=O)[C@H](CCCCCC(=O)[C@H](Cc6ccccc6)NC(=O)[C@@H](CC(=O)[C@H](CCSC)NC=O)CC(C)C)NC(=O)OCc6ccccc6)c5)CC(=O)[C@@H]5C[C@@H](O)CN5C(=O)[C@H]([C@@H](C)O)NC4=O)cc3)cc2)cc1. The largest absolute Gasteiger partial charge is 0.506 e. The molecule has 0 radical (unpaired) electrons. The molecule has 9 rings (SSSR count). The minimum Gasteiger partial charge on any atom is -0.506 e. The van der Waals surface area contributed by atoms with Gasteiger partial charge >= 0.3 is 6.09 Å². The van der Waals surface area contributed by atoms with E-state index in [0.29, 0.717) is 42.7 Å². The number of aliphatic hydroxyl groups is 8. The highest BCUT2D eigenvalue weighted by molar-refractivity contribution is 7.98. The average Bonchev–Trinajstić information content (AvgIpc) is 1.64. The van der Waals surface area contributed by atoms with Crippen molar-refractivity contribution in [3.05, 3.63) is 174 Å². The summed E-state index contributed by atoms with van der Waals surface area (Å²) in [5, 5.41) is 123. The summed E-state index contributed by atoms with van der Waals surface area (Å²) in [5.41, 5.74) is 3.96. The minimum absolute atomic E-state index is 0.0267. The van der Waals surface area contributed by atoms with Gasteiger partial charge in [0.25, 0.3) is 0 Å².